The van der Waals surface area contributed by atoms with E-state index in [0.717, 1.165) is 40.7 Å². The van der Waals surface area contributed by atoms with Crippen molar-refractivity contribution in [3.8, 4) is 11.1 Å². The maximum atomic E-state index is 14.3. The molecule has 0 radical (unpaired) electrons. The van der Waals surface area contributed by atoms with Gasteiger partial charge in [0.25, 0.3) is 10.0 Å². The van der Waals surface area contributed by atoms with E-state index in [9.17, 15) is 35.5 Å². The quantitative estimate of drug-likeness (QED) is 0.563. The van der Waals surface area contributed by atoms with Crippen LogP contribution in [0.3, 0.4) is 0 Å². The lowest BCUT2D eigenvalue weighted by atomic mass is 9.96. The van der Waals surface area contributed by atoms with Crippen LogP contribution in [0.2, 0.25) is 0 Å². The molecule has 0 aromatic heterocycles. The molecule has 10 heteroatoms. The molecule has 0 spiro atoms. The lowest BCUT2D eigenvalue weighted by molar-refractivity contribution is -0.137. The maximum absolute atomic E-state index is 14.3. The zero-order chi connectivity index (χ0) is 23.3. The standard InChI is InChI=1S/C22H16F5NO3S/c23-16-6-7-20(24)19(11-16)13-4-5-14-8-17(29)12-28(21(14)9-13)32(30,31)18-3-1-2-15(10-18)22(25,26)27/h1-7,9-11,17,29H,8,12H2. The highest BCUT2D eigenvalue weighted by molar-refractivity contribution is 7.92. The van der Waals surface area contributed by atoms with Crippen molar-refractivity contribution in [3.63, 3.8) is 0 Å². The number of nitrogens with zero attached hydrogens (tertiary/aromatic N) is 1. The summed E-state index contributed by atoms with van der Waals surface area (Å²) in [5, 5.41) is 10.2. The van der Waals surface area contributed by atoms with Crippen LogP contribution >= 0.6 is 0 Å². The number of β-amino-alcohol motifs (C(OH)–C–C–N with tert-alkyl or cyclic N) is 1. The number of benzene rings is 3. The third kappa shape index (κ3) is 4.07. The van der Waals surface area contributed by atoms with Crippen molar-refractivity contribution in [1.29, 1.82) is 0 Å². The molecule has 4 rings (SSSR count). The SMILES string of the molecule is O=S(=O)(c1cccc(C(F)(F)F)c1)N1CC(O)Cc2ccc(-c3cc(F)ccc3F)cc21. The van der Waals surface area contributed by atoms with Crippen molar-refractivity contribution in [1.82, 2.24) is 0 Å². The Morgan fingerprint density at radius 3 is 2.44 bits per heavy atom. The Balaban J connectivity index is 1.84. The van der Waals surface area contributed by atoms with E-state index in [0.29, 0.717) is 11.6 Å². The average molecular weight is 469 g/mol. The van der Waals surface area contributed by atoms with Crippen LogP contribution in [0.1, 0.15) is 11.1 Å². The molecule has 1 unspecified atom stereocenters. The van der Waals surface area contributed by atoms with Crippen LogP contribution in [0, 0.1) is 11.6 Å². The highest BCUT2D eigenvalue weighted by Crippen LogP contribution is 2.37. The van der Waals surface area contributed by atoms with Gasteiger partial charge in [0, 0.05) is 12.0 Å². The number of rotatable bonds is 3. The van der Waals surface area contributed by atoms with Gasteiger partial charge in [-0.3, -0.25) is 4.31 Å². The molecule has 1 heterocycles. The largest absolute Gasteiger partial charge is 0.416 e. The van der Waals surface area contributed by atoms with Gasteiger partial charge in [-0.25, -0.2) is 17.2 Å². The molecule has 1 aliphatic rings. The van der Waals surface area contributed by atoms with Crippen LogP contribution in [-0.4, -0.2) is 26.2 Å². The first kappa shape index (κ1) is 22.2. The van der Waals surface area contributed by atoms with Crippen molar-refractivity contribution < 1.29 is 35.5 Å². The van der Waals surface area contributed by atoms with Crippen LogP contribution in [0.15, 0.2) is 65.6 Å². The van der Waals surface area contributed by atoms with Crippen LogP contribution in [0.25, 0.3) is 11.1 Å². The molecule has 168 valence electrons. The van der Waals surface area contributed by atoms with Gasteiger partial charge in [-0.1, -0.05) is 18.2 Å². The third-order valence-corrected chi connectivity index (χ3v) is 6.95. The minimum absolute atomic E-state index is 0.0777. The average Bonchev–Trinajstić information content (AvgIpc) is 2.74. The number of fused-ring (bicyclic) bond motifs is 1. The third-order valence-electron chi connectivity index (χ3n) is 5.17. The summed E-state index contributed by atoms with van der Waals surface area (Å²) in [7, 11) is -4.50. The Bertz CT molecular complexity index is 1290. The molecule has 32 heavy (non-hydrogen) atoms. The Morgan fingerprint density at radius 1 is 0.969 bits per heavy atom. The van der Waals surface area contributed by atoms with Gasteiger partial charge < -0.3 is 5.11 Å². The molecule has 3 aromatic carbocycles. The second kappa shape index (κ2) is 7.86. The number of alkyl halides is 3. The fraction of sp³-hybridized carbons (Fsp3) is 0.182. The smallest absolute Gasteiger partial charge is 0.391 e. The summed E-state index contributed by atoms with van der Waals surface area (Å²) in [6, 6.07) is 10.4. The molecule has 0 fully saturated rings. The van der Waals surface area contributed by atoms with E-state index in [1.807, 2.05) is 0 Å². The monoisotopic (exact) mass is 469 g/mol. The molecule has 3 aromatic rings. The fourth-order valence-electron chi connectivity index (χ4n) is 3.65. The van der Waals surface area contributed by atoms with Gasteiger partial charge in [-0.05, 0) is 53.6 Å². The number of sulfonamides is 1. The Labute approximate surface area is 180 Å². The summed E-state index contributed by atoms with van der Waals surface area (Å²) >= 11 is 0. The number of aliphatic hydroxyl groups is 1. The molecule has 0 saturated carbocycles. The van der Waals surface area contributed by atoms with E-state index >= 15 is 0 Å². The topological polar surface area (TPSA) is 57.6 Å². The zero-order valence-electron chi connectivity index (χ0n) is 16.3. The van der Waals surface area contributed by atoms with Crippen LogP contribution in [0.4, 0.5) is 27.6 Å². The fourth-order valence-corrected chi connectivity index (χ4v) is 5.23. The van der Waals surface area contributed by atoms with Gasteiger partial charge in [0.2, 0.25) is 0 Å². The summed E-state index contributed by atoms with van der Waals surface area (Å²) in [5.74, 6) is -1.42. The van der Waals surface area contributed by atoms with E-state index < -0.39 is 50.9 Å². The number of aliphatic hydroxyl groups excluding tert-OH is 1. The number of anilines is 1. The molecule has 0 bridgehead atoms. The second-order valence-corrected chi connectivity index (χ2v) is 9.25. The molecule has 1 aliphatic heterocycles. The van der Waals surface area contributed by atoms with Gasteiger partial charge in [-0.15, -0.1) is 0 Å². The van der Waals surface area contributed by atoms with Crippen molar-refractivity contribution in [2.75, 3.05) is 10.8 Å². The molecule has 4 nitrogen and oxygen atoms in total. The Morgan fingerprint density at radius 2 is 1.72 bits per heavy atom. The summed E-state index contributed by atoms with van der Waals surface area (Å²) in [6.07, 6.45) is -5.75. The van der Waals surface area contributed by atoms with Crippen LogP contribution in [0.5, 0.6) is 0 Å². The van der Waals surface area contributed by atoms with Gasteiger partial charge in [0.05, 0.1) is 28.8 Å². The first-order chi connectivity index (χ1) is 15.0. The highest BCUT2D eigenvalue weighted by atomic mass is 32.2. The second-order valence-electron chi connectivity index (χ2n) is 7.39. The van der Waals surface area contributed by atoms with E-state index in [1.54, 1.807) is 0 Å². The lowest BCUT2D eigenvalue weighted by Crippen LogP contribution is -2.42. The maximum Gasteiger partial charge on any atom is 0.416 e. The summed E-state index contributed by atoms with van der Waals surface area (Å²) in [5.41, 5.74) is -0.572. The normalized spacial score (nSPS) is 16.7. The highest BCUT2D eigenvalue weighted by Gasteiger charge is 2.36. The van der Waals surface area contributed by atoms with Gasteiger partial charge in [-0.2, -0.15) is 13.2 Å². The molecule has 0 aliphatic carbocycles. The minimum Gasteiger partial charge on any atom is -0.391 e. The molecule has 0 saturated heterocycles. The van der Waals surface area contributed by atoms with Crippen LogP contribution < -0.4 is 4.31 Å². The van der Waals surface area contributed by atoms with Gasteiger partial charge in [0.15, 0.2) is 0 Å². The van der Waals surface area contributed by atoms with E-state index in [1.165, 1.54) is 18.2 Å². The summed E-state index contributed by atoms with van der Waals surface area (Å²) in [4.78, 5) is -0.602. The first-order valence-corrected chi connectivity index (χ1v) is 10.9. The van der Waals surface area contributed by atoms with E-state index in [4.69, 9.17) is 0 Å². The zero-order valence-corrected chi connectivity index (χ0v) is 17.1. The number of halogens is 5. The first-order valence-electron chi connectivity index (χ1n) is 9.43. The van der Waals surface area contributed by atoms with Crippen molar-refractivity contribution >= 4 is 15.7 Å². The lowest BCUT2D eigenvalue weighted by Gasteiger charge is -2.33. The van der Waals surface area contributed by atoms with E-state index in [-0.39, 0.29) is 23.2 Å². The molecule has 1 atom stereocenters. The number of hydrogen-bond acceptors (Lipinski definition) is 3. The van der Waals surface area contributed by atoms with Crippen molar-refractivity contribution in [2.24, 2.45) is 0 Å². The molecular weight excluding hydrogens is 453 g/mol. The van der Waals surface area contributed by atoms with E-state index in [2.05, 4.69) is 0 Å². The van der Waals surface area contributed by atoms with Crippen LogP contribution in [-0.2, 0) is 22.6 Å². The predicted molar refractivity (Wildman–Crippen MR) is 107 cm³/mol. The van der Waals surface area contributed by atoms with Crippen molar-refractivity contribution in [2.45, 2.75) is 23.6 Å². The molecule has 1 N–H and O–H groups in total. The summed E-state index contributed by atoms with van der Waals surface area (Å²) in [6.45, 7) is -0.402. The number of hydrogen-bond donors (Lipinski definition) is 1. The van der Waals surface area contributed by atoms with Gasteiger partial charge in [0.1, 0.15) is 11.6 Å². The molecule has 0 amide bonds. The van der Waals surface area contributed by atoms with Gasteiger partial charge >= 0.3 is 6.18 Å². The Hall–Kier alpha value is -2.98. The molecular formula is C22H16F5NO3S. The summed E-state index contributed by atoms with van der Waals surface area (Å²) < 4.78 is 94.5. The van der Waals surface area contributed by atoms with Crippen molar-refractivity contribution in [3.05, 3.63) is 83.4 Å². The predicted octanol–water partition coefficient (Wildman–Crippen LogP) is 4.76. The minimum atomic E-state index is -4.74. The Kier molecular flexibility index (Phi) is 5.46.